The smallest absolute Gasteiger partial charge is 0.341 e. The predicted molar refractivity (Wildman–Crippen MR) is 50.1 cm³/mol. The molecule has 1 aromatic rings. The van der Waals surface area contributed by atoms with Crippen molar-refractivity contribution in [2.75, 3.05) is 0 Å². The van der Waals surface area contributed by atoms with Crippen LogP contribution in [0, 0.1) is 0 Å². The Labute approximate surface area is 81.2 Å². The topological polar surface area (TPSA) is 98.6 Å². The van der Waals surface area contributed by atoms with E-state index in [2.05, 4.69) is 10.7 Å². The van der Waals surface area contributed by atoms with Crippen LogP contribution in [0.2, 0.25) is 0 Å². The van der Waals surface area contributed by atoms with Crippen LogP contribution in [0.5, 0.6) is 5.75 Å². The minimum atomic E-state index is -0.774. The molecule has 1 atom stereocenters. The fourth-order valence-electron chi connectivity index (χ4n) is 1.06. The lowest BCUT2D eigenvalue weighted by Crippen LogP contribution is -2.35. The van der Waals surface area contributed by atoms with Crippen LogP contribution in [-0.2, 0) is 16.1 Å². The Morgan fingerprint density at radius 3 is 2.50 bits per heavy atom. The molecule has 0 fully saturated rings. The van der Waals surface area contributed by atoms with Crippen LogP contribution in [0.25, 0.3) is 0 Å². The molecule has 0 spiro atoms. The highest BCUT2D eigenvalue weighted by Gasteiger charge is 2.14. The third-order valence-corrected chi connectivity index (χ3v) is 1.81. The Bertz CT molecular complexity index is 310. The zero-order valence-corrected chi connectivity index (χ0v) is 7.51. The van der Waals surface area contributed by atoms with Crippen molar-refractivity contribution < 1.29 is 14.7 Å². The lowest BCUT2D eigenvalue weighted by atomic mass is 10.1. The molecule has 0 unspecified atom stereocenters. The van der Waals surface area contributed by atoms with Crippen LogP contribution in [-0.4, -0.2) is 17.1 Å². The number of nitrogens with two attached hydrogens (primary N) is 2. The maximum atomic E-state index is 10.9. The summed E-state index contributed by atoms with van der Waals surface area (Å²) in [5, 5.41) is 9.00. The van der Waals surface area contributed by atoms with Gasteiger partial charge in [0.15, 0.2) is 0 Å². The van der Waals surface area contributed by atoms with Gasteiger partial charge in [-0.1, -0.05) is 12.1 Å². The summed E-state index contributed by atoms with van der Waals surface area (Å²) in [6, 6.07) is 5.63. The quantitative estimate of drug-likeness (QED) is 0.575. The van der Waals surface area contributed by atoms with E-state index in [4.69, 9.17) is 10.8 Å². The molecule has 5 heteroatoms. The van der Waals surface area contributed by atoms with Gasteiger partial charge in [-0.3, -0.25) is 0 Å². The van der Waals surface area contributed by atoms with Gasteiger partial charge >= 0.3 is 5.97 Å². The number of aromatic hydroxyl groups is 1. The molecular weight excluding hydrogens is 184 g/mol. The molecule has 0 saturated carbocycles. The SMILES string of the molecule is NOC(=O)[C@H](N)Cc1ccc(O)cc1. The monoisotopic (exact) mass is 196 g/mol. The molecule has 0 aromatic heterocycles. The van der Waals surface area contributed by atoms with Crippen molar-refractivity contribution >= 4 is 5.97 Å². The summed E-state index contributed by atoms with van der Waals surface area (Å²) < 4.78 is 0. The van der Waals surface area contributed by atoms with Crippen LogP contribution in [0.15, 0.2) is 24.3 Å². The van der Waals surface area contributed by atoms with Crippen molar-refractivity contribution in [2.24, 2.45) is 11.6 Å². The summed E-state index contributed by atoms with van der Waals surface area (Å²) in [6.45, 7) is 0. The summed E-state index contributed by atoms with van der Waals surface area (Å²) >= 11 is 0. The van der Waals surface area contributed by atoms with Crippen LogP contribution in [0.1, 0.15) is 5.56 Å². The van der Waals surface area contributed by atoms with E-state index < -0.39 is 12.0 Å². The standard InChI is InChI=1S/C9H12N2O3/c10-8(9(13)14-11)5-6-1-3-7(12)4-2-6/h1-4,8,12H,5,10-11H2/t8-/m1/s1. The second-order valence-corrected chi connectivity index (χ2v) is 2.91. The van der Waals surface area contributed by atoms with Gasteiger partial charge < -0.3 is 15.7 Å². The Morgan fingerprint density at radius 2 is 2.00 bits per heavy atom. The number of carbonyl (C=O) groups excluding carboxylic acids is 1. The molecule has 0 bridgehead atoms. The fourth-order valence-corrected chi connectivity index (χ4v) is 1.06. The number of hydrogen-bond donors (Lipinski definition) is 3. The van der Waals surface area contributed by atoms with Gasteiger partial charge in [-0.05, 0) is 24.1 Å². The molecule has 1 aromatic carbocycles. The normalized spacial score (nSPS) is 12.1. The minimum Gasteiger partial charge on any atom is -0.508 e. The first-order valence-electron chi connectivity index (χ1n) is 4.07. The maximum Gasteiger partial charge on any atom is 0.341 e. The molecule has 0 aliphatic rings. The third-order valence-electron chi connectivity index (χ3n) is 1.81. The van der Waals surface area contributed by atoms with Crippen molar-refractivity contribution in [3.63, 3.8) is 0 Å². The number of phenols is 1. The lowest BCUT2D eigenvalue weighted by molar-refractivity contribution is -0.145. The molecule has 5 N–H and O–H groups in total. The highest BCUT2D eigenvalue weighted by atomic mass is 16.7. The van der Waals surface area contributed by atoms with E-state index in [0.29, 0.717) is 6.42 Å². The van der Waals surface area contributed by atoms with Gasteiger partial charge in [-0.2, -0.15) is 5.90 Å². The number of benzene rings is 1. The first-order chi connectivity index (χ1) is 6.63. The van der Waals surface area contributed by atoms with E-state index in [1.54, 1.807) is 12.1 Å². The summed E-state index contributed by atoms with van der Waals surface area (Å²) in [4.78, 5) is 14.9. The molecule has 0 saturated heterocycles. The molecule has 76 valence electrons. The van der Waals surface area contributed by atoms with E-state index in [0.717, 1.165) is 5.56 Å². The van der Waals surface area contributed by atoms with Crippen LogP contribution >= 0.6 is 0 Å². The number of hydrogen-bond acceptors (Lipinski definition) is 5. The van der Waals surface area contributed by atoms with Gasteiger partial charge in [0.25, 0.3) is 0 Å². The molecule has 14 heavy (non-hydrogen) atoms. The van der Waals surface area contributed by atoms with Gasteiger partial charge in [-0.15, -0.1) is 0 Å². The van der Waals surface area contributed by atoms with Gasteiger partial charge in [0, 0.05) is 0 Å². The summed E-state index contributed by atoms with van der Waals surface area (Å²) in [5.41, 5.74) is 6.31. The average Bonchev–Trinajstić information content (AvgIpc) is 2.20. The third kappa shape index (κ3) is 2.72. The van der Waals surface area contributed by atoms with Crippen molar-refractivity contribution in [2.45, 2.75) is 12.5 Å². The van der Waals surface area contributed by atoms with Crippen molar-refractivity contribution in [3.8, 4) is 5.75 Å². The van der Waals surface area contributed by atoms with Crippen molar-refractivity contribution in [1.29, 1.82) is 0 Å². The zero-order valence-electron chi connectivity index (χ0n) is 7.51. The van der Waals surface area contributed by atoms with E-state index in [-0.39, 0.29) is 5.75 Å². The molecule has 0 radical (unpaired) electrons. The zero-order chi connectivity index (χ0) is 10.6. The van der Waals surface area contributed by atoms with Crippen molar-refractivity contribution in [1.82, 2.24) is 0 Å². The average molecular weight is 196 g/mol. The maximum absolute atomic E-state index is 10.9. The molecule has 0 aliphatic heterocycles. The highest BCUT2D eigenvalue weighted by Crippen LogP contribution is 2.10. The fraction of sp³-hybridized carbons (Fsp3) is 0.222. The van der Waals surface area contributed by atoms with E-state index in [1.165, 1.54) is 12.1 Å². The Balaban J connectivity index is 2.60. The number of rotatable bonds is 3. The molecule has 0 amide bonds. The number of carbonyl (C=O) groups is 1. The molecule has 0 heterocycles. The highest BCUT2D eigenvalue weighted by molar-refractivity contribution is 5.75. The minimum absolute atomic E-state index is 0.170. The van der Waals surface area contributed by atoms with Gasteiger partial charge in [0.05, 0.1) is 0 Å². The van der Waals surface area contributed by atoms with Crippen LogP contribution in [0.3, 0.4) is 0 Å². The number of phenolic OH excluding ortho intramolecular Hbond substituents is 1. The van der Waals surface area contributed by atoms with E-state index >= 15 is 0 Å². The summed E-state index contributed by atoms with van der Waals surface area (Å²) in [5.74, 6) is 4.20. The van der Waals surface area contributed by atoms with Crippen LogP contribution < -0.4 is 11.6 Å². The van der Waals surface area contributed by atoms with E-state index in [1.807, 2.05) is 0 Å². The first kappa shape index (κ1) is 10.5. The van der Waals surface area contributed by atoms with Gasteiger partial charge in [-0.25, -0.2) is 4.79 Å². The van der Waals surface area contributed by atoms with Crippen LogP contribution in [0.4, 0.5) is 0 Å². The largest absolute Gasteiger partial charge is 0.508 e. The molecule has 1 rings (SSSR count). The Morgan fingerprint density at radius 1 is 1.43 bits per heavy atom. The summed E-state index contributed by atoms with van der Waals surface area (Å²) in [6.07, 6.45) is 0.330. The Kier molecular flexibility index (Phi) is 3.44. The molecular formula is C9H12N2O3. The second-order valence-electron chi connectivity index (χ2n) is 2.91. The summed E-state index contributed by atoms with van der Waals surface area (Å²) in [7, 11) is 0. The molecule has 0 aliphatic carbocycles. The van der Waals surface area contributed by atoms with Gasteiger partial charge in [0.2, 0.25) is 0 Å². The van der Waals surface area contributed by atoms with E-state index in [9.17, 15) is 4.79 Å². The predicted octanol–water partition coefficient (Wildman–Crippen LogP) is -0.321. The first-order valence-corrected chi connectivity index (χ1v) is 4.07. The Hall–Kier alpha value is -1.59. The molecule has 5 nitrogen and oxygen atoms in total. The van der Waals surface area contributed by atoms with Crippen molar-refractivity contribution in [3.05, 3.63) is 29.8 Å². The second kappa shape index (κ2) is 4.59. The van der Waals surface area contributed by atoms with Gasteiger partial charge in [0.1, 0.15) is 11.8 Å². The lowest BCUT2D eigenvalue weighted by Gasteiger charge is -2.08.